The van der Waals surface area contributed by atoms with Gasteiger partial charge in [-0.25, -0.2) is 4.68 Å². The molecule has 0 aliphatic rings. The van der Waals surface area contributed by atoms with E-state index in [9.17, 15) is 4.79 Å². The first kappa shape index (κ1) is 19.2. The number of benzene rings is 2. The molecule has 140 valence electrons. The summed E-state index contributed by atoms with van der Waals surface area (Å²) in [6.07, 6.45) is 0. The molecule has 3 rings (SSSR count). The van der Waals surface area contributed by atoms with Gasteiger partial charge in [0.15, 0.2) is 0 Å². The van der Waals surface area contributed by atoms with Crippen molar-refractivity contribution in [1.29, 1.82) is 0 Å². The van der Waals surface area contributed by atoms with Gasteiger partial charge < -0.3 is 5.32 Å². The lowest BCUT2D eigenvalue weighted by Crippen LogP contribution is -2.15. The molecular formula is C22H25N3OS. The van der Waals surface area contributed by atoms with Crippen LogP contribution in [0.5, 0.6) is 0 Å². The van der Waals surface area contributed by atoms with Crippen LogP contribution in [-0.2, 0) is 4.79 Å². The number of thioether (sulfide) groups is 1. The van der Waals surface area contributed by atoms with E-state index in [0.717, 1.165) is 27.7 Å². The number of carbonyl (C=O) groups excluding carboxylic acids is 1. The molecule has 1 aromatic heterocycles. The number of aryl methyl sites for hydroxylation is 4. The van der Waals surface area contributed by atoms with E-state index in [1.807, 2.05) is 30.7 Å². The van der Waals surface area contributed by atoms with Crippen LogP contribution in [0.25, 0.3) is 5.69 Å². The zero-order valence-electron chi connectivity index (χ0n) is 16.5. The van der Waals surface area contributed by atoms with Gasteiger partial charge in [0.2, 0.25) is 5.91 Å². The third-order valence-corrected chi connectivity index (χ3v) is 5.69. The molecule has 5 heteroatoms. The Kier molecular flexibility index (Phi) is 5.71. The average molecular weight is 380 g/mol. The van der Waals surface area contributed by atoms with Gasteiger partial charge in [0, 0.05) is 4.90 Å². The van der Waals surface area contributed by atoms with E-state index in [2.05, 4.69) is 61.5 Å². The fourth-order valence-corrected chi connectivity index (χ4v) is 3.87. The van der Waals surface area contributed by atoms with Crippen LogP contribution in [0.2, 0.25) is 0 Å². The van der Waals surface area contributed by atoms with E-state index in [-0.39, 0.29) is 5.91 Å². The van der Waals surface area contributed by atoms with Crippen molar-refractivity contribution in [3.8, 4) is 5.69 Å². The summed E-state index contributed by atoms with van der Waals surface area (Å²) in [5.74, 6) is 0.356. The van der Waals surface area contributed by atoms with Crippen LogP contribution in [0.1, 0.15) is 28.1 Å². The van der Waals surface area contributed by atoms with Crippen LogP contribution in [-0.4, -0.2) is 21.4 Å². The summed E-state index contributed by atoms with van der Waals surface area (Å²) in [6, 6.07) is 14.5. The lowest BCUT2D eigenvalue weighted by atomic mass is 10.2. The fraction of sp³-hybridized carbons (Fsp3) is 0.273. The standard InChI is InChI=1S/C22H25N3OS/c1-14-7-10-19(11-8-14)25-18(5)22(17(4)24-25)23-21(26)13-27-20-12-15(2)6-9-16(20)3/h6-12H,13H2,1-5H3,(H,23,26). The molecule has 0 saturated carbocycles. The number of carbonyl (C=O) groups is 1. The number of amides is 1. The summed E-state index contributed by atoms with van der Waals surface area (Å²) >= 11 is 1.57. The van der Waals surface area contributed by atoms with Crippen molar-refractivity contribution in [2.24, 2.45) is 0 Å². The summed E-state index contributed by atoms with van der Waals surface area (Å²) < 4.78 is 1.88. The zero-order chi connectivity index (χ0) is 19.6. The number of anilines is 1. The monoisotopic (exact) mass is 379 g/mol. The van der Waals surface area contributed by atoms with Gasteiger partial charge in [0.1, 0.15) is 0 Å². The van der Waals surface area contributed by atoms with Gasteiger partial charge in [0.25, 0.3) is 0 Å². The molecule has 0 atom stereocenters. The molecule has 27 heavy (non-hydrogen) atoms. The molecule has 2 aromatic carbocycles. The lowest BCUT2D eigenvalue weighted by Gasteiger charge is -2.09. The maximum atomic E-state index is 12.5. The molecule has 0 fully saturated rings. The SMILES string of the molecule is Cc1ccc(-n2nc(C)c(NC(=O)CSc3cc(C)ccc3C)c2C)cc1. The van der Waals surface area contributed by atoms with Gasteiger partial charge in [-0.05, 0) is 58.4 Å². The van der Waals surface area contributed by atoms with Crippen LogP contribution in [0.15, 0.2) is 47.4 Å². The molecule has 1 amide bonds. The Morgan fingerprint density at radius 2 is 1.67 bits per heavy atom. The molecule has 4 nitrogen and oxygen atoms in total. The summed E-state index contributed by atoms with van der Waals surface area (Å²) in [5.41, 5.74) is 7.14. The van der Waals surface area contributed by atoms with Crippen LogP contribution < -0.4 is 5.32 Å². The average Bonchev–Trinajstić information content (AvgIpc) is 2.91. The van der Waals surface area contributed by atoms with E-state index < -0.39 is 0 Å². The van der Waals surface area contributed by atoms with Gasteiger partial charge in [-0.2, -0.15) is 5.10 Å². The molecule has 0 saturated heterocycles. The molecule has 0 spiro atoms. The van der Waals surface area contributed by atoms with Crippen molar-refractivity contribution in [3.63, 3.8) is 0 Å². The minimum atomic E-state index is -0.0180. The van der Waals surface area contributed by atoms with Crippen molar-refractivity contribution < 1.29 is 4.79 Å². The number of nitrogens with zero attached hydrogens (tertiary/aromatic N) is 2. The quantitative estimate of drug-likeness (QED) is 0.624. The Bertz CT molecular complexity index is 974. The molecule has 1 N–H and O–H groups in total. The highest BCUT2D eigenvalue weighted by molar-refractivity contribution is 8.00. The van der Waals surface area contributed by atoms with Crippen molar-refractivity contribution in [1.82, 2.24) is 9.78 Å². The molecule has 1 heterocycles. The normalized spacial score (nSPS) is 10.9. The second-order valence-electron chi connectivity index (χ2n) is 6.90. The highest BCUT2D eigenvalue weighted by Crippen LogP contribution is 2.26. The van der Waals surface area contributed by atoms with Gasteiger partial charge in [-0.3, -0.25) is 4.79 Å². The van der Waals surface area contributed by atoms with E-state index in [4.69, 9.17) is 0 Å². The van der Waals surface area contributed by atoms with Crippen LogP contribution >= 0.6 is 11.8 Å². The Morgan fingerprint density at radius 3 is 2.37 bits per heavy atom. The van der Waals surface area contributed by atoms with Crippen LogP contribution in [0.3, 0.4) is 0 Å². The highest BCUT2D eigenvalue weighted by atomic mass is 32.2. The second kappa shape index (κ2) is 8.01. The molecule has 0 bridgehead atoms. The van der Waals surface area contributed by atoms with Crippen molar-refractivity contribution in [2.75, 3.05) is 11.1 Å². The van der Waals surface area contributed by atoms with E-state index in [1.165, 1.54) is 16.7 Å². The highest BCUT2D eigenvalue weighted by Gasteiger charge is 2.15. The van der Waals surface area contributed by atoms with Crippen LogP contribution in [0, 0.1) is 34.6 Å². The molecule has 0 aliphatic carbocycles. The first-order valence-corrected chi connectivity index (χ1v) is 9.97. The number of aromatic nitrogens is 2. The first-order valence-electron chi connectivity index (χ1n) is 8.98. The van der Waals surface area contributed by atoms with Crippen molar-refractivity contribution in [2.45, 2.75) is 39.5 Å². The van der Waals surface area contributed by atoms with Crippen LogP contribution in [0.4, 0.5) is 5.69 Å². The maximum Gasteiger partial charge on any atom is 0.234 e. The van der Waals surface area contributed by atoms with Gasteiger partial charge in [-0.1, -0.05) is 35.4 Å². The number of hydrogen-bond donors (Lipinski definition) is 1. The Morgan fingerprint density at radius 1 is 1.00 bits per heavy atom. The molecule has 0 radical (unpaired) electrons. The Labute approximate surface area is 165 Å². The largest absolute Gasteiger partial charge is 0.322 e. The summed E-state index contributed by atoms with van der Waals surface area (Å²) in [6.45, 7) is 10.1. The van der Waals surface area contributed by atoms with E-state index >= 15 is 0 Å². The number of rotatable bonds is 5. The Hall–Kier alpha value is -2.53. The number of nitrogens with one attached hydrogen (secondary N) is 1. The maximum absolute atomic E-state index is 12.5. The van der Waals surface area contributed by atoms with Gasteiger partial charge in [0.05, 0.1) is 28.5 Å². The Balaban J connectivity index is 1.72. The van der Waals surface area contributed by atoms with Crippen molar-refractivity contribution in [3.05, 3.63) is 70.5 Å². The number of hydrogen-bond acceptors (Lipinski definition) is 3. The van der Waals surface area contributed by atoms with E-state index in [1.54, 1.807) is 11.8 Å². The van der Waals surface area contributed by atoms with E-state index in [0.29, 0.717) is 5.75 Å². The van der Waals surface area contributed by atoms with Gasteiger partial charge in [-0.15, -0.1) is 11.8 Å². The summed E-state index contributed by atoms with van der Waals surface area (Å²) in [5, 5.41) is 7.64. The fourth-order valence-electron chi connectivity index (χ4n) is 2.94. The topological polar surface area (TPSA) is 46.9 Å². The molecule has 0 unspecified atom stereocenters. The summed E-state index contributed by atoms with van der Waals surface area (Å²) in [7, 11) is 0. The van der Waals surface area contributed by atoms with Crippen molar-refractivity contribution >= 4 is 23.4 Å². The predicted octanol–water partition coefficient (Wildman–Crippen LogP) is 5.15. The smallest absolute Gasteiger partial charge is 0.234 e. The zero-order valence-corrected chi connectivity index (χ0v) is 17.3. The minimum absolute atomic E-state index is 0.0180. The minimum Gasteiger partial charge on any atom is -0.322 e. The molecule has 0 aliphatic heterocycles. The van der Waals surface area contributed by atoms with Gasteiger partial charge >= 0.3 is 0 Å². The molecular weight excluding hydrogens is 354 g/mol. The lowest BCUT2D eigenvalue weighted by molar-refractivity contribution is -0.113. The summed E-state index contributed by atoms with van der Waals surface area (Å²) in [4.78, 5) is 13.7. The predicted molar refractivity (Wildman–Crippen MR) is 113 cm³/mol. The first-order chi connectivity index (χ1) is 12.8. The second-order valence-corrected chi connectivity index (χ2v) is 7.92. The molecule has 3 aromatic rings. The third kappa shape index (κ3) is 4.42. The third-order valence-electron chi connectivity index (χ3n) is 4.54.